The van der Waals surface area contributed by atoms with Gasteiger partial charge in [0.05, 0.1) is 6.54 Å². The standard InChI is InChI=1S/C19H28N6/c1-4-20-19(24-10-7-15(2)8-11-24)23-14-17-5-6-18(22-13-17)25-12-9-21-16(25)3/h5-6,9,12-13,15H,4,7-8,10-11,14H2,1-3H3,(H,20,23). The lowest BCUT2D eigenvalue weighted by Crippen LogP contribution is -2.45. The summed E-state index contributed by atoms with van der Waals surface area (Å²) in [5.41, 5.74) is 1.11. The molecule has 1 aliphatic rings. The highest BCUT2D eigenvalue weighted by atomic mass is 15.3. The van der Waals surface area contributed by atoms with Gasteiger partial charge in [0.25, 0.3) is 0 Å². The number of aromatic nitrogens is 3. The summed E-state index contributed by atoms with van der Waals surface area (Å²) in [6.45, 7) is 10.1. The number of rotatable bonds is 4. The highest BCUT2D eigenvalue weighted by Crippen LogP contribution is 2.16. The summed E-state index contributed by atoms with van der Waals surface area (Å²) in [6.07, 6.45) is 8.10. The number of hydrogen-bond acceptors (Lipinski definition) is 3. The SMILES string of the molecule is CCNC(=NCc1ccc(-n2ccnc2C)nc1)N1CCC(C)CC1. The molecular formula is C19H28N6. The molecule has 1 fully saturated rings. The molecule has 134 valence electrons. The van der Waals surface area contributed by atoms with Crippen molar-refractivity contribution in [2.45, 2.75) is 40.2 Å². The molecule has 1 aliphatic heterocycles. The lowest BCUT2D eigenvalue weighted by Gasteiger charge is -2.33. The molecule has 0 aliphatic carbocycles. The van der Waals surface area contributed by atoms with E-state index in [4.69, 9.17) is 4.99 Å². The predicted molar refractivity (Wildman–Crippen MR) is 101 cm³/mol. The zero-order valence-electron chi connectivity index (χ0n) is 15.4. The molecule has 0 bridgehead atoms. The summed E-state index contributed by atoms with van der Waals surface area (Å²) in [4.78, 5) is 16.0. The van der Waals surface area contributed by atoms with Crippen LogP contribution in [-0.2, 0) is 6.54 Å². The minimum atomic E-state index is 0.643. The summed E-state index contributed by atoms with van der Waals surface area (Å²) < 4.78 is 1.98. The van der Waals surface area contributed by atoms with Gasteiger partial charge in [-0.1, -0.05) is 13.0 Å². The molecule has 6 nitrogen and oxygen atoms in total. The van der Waals surface area contributed by atoms with Crippen molar-refractivity contribution in [1.29, 1.82) is 0 Å². The Balaban J connectivity index is 1.67. The summed E-state index contributed by atoms with van der Waals surface area (Å²) in [6, 6.07) is 4.11. The number of nitrogens with one attached hydrogen (secondary N) is 1. The van der Waals surface area contributed by atoms with Gasteiger partial charge in [-0.25, -0.2) is 15.0 Å². The normalized spacial score (nSPS) is 16.3. The van der Waals surface area contributed by atoms with Crippen molar-refractivity contribution in [3.63, 3.8) is 0 Å². The molecule has 1 saturated heterocycles. The highest BCUT2D eigenvalue weighted by molar-refractivity contribution is 5.80. The van der Waals surface area contributed by atoms with Crippen LogP contribution in [0.5, 0.6) is 0 Å². The summed E-state index contributed by atoms with van der Waals surface area (Å²) in [5.74, 6) is 3.66. The molecule has 0 atom stereocenters. The maximum Gasteiger partial charge on any atom is 0.194 e. The third-order valence-corrected chi connectivity index (χ3v) is 4.71. The van der Waals surface area contributed by atoms with Gasteiger partial charge in [0.15, 0.2) is 5.96 Å². The van der Waals surface area contributed by atoms with Gasteiger partial charge in [0, 0.05) is 38.2 Å². The zero-order valence-corrected chi connectivity index (χ0v) is 15.4. The van der Waals surface area contributed by atoms with E-state index in [0.29, 0.717) is 6.54 Å². The van der Waals surface area contributed by atoms with Gasteiger partial charge in [-0.3, -0.25) is 4.57 Å². The summed E-state index contributed by atoms with van der Waals surface area (Å²) >= 11 is 0. The maximum atomic E-state index is 4.81. The second-order valence-corrected chi connectivity index (χ2v) is 6.71. The molecule has 25 heavy (non-hydrogen) atoms. The molecule has 0 spiro atoms. The van der Waals surface area contributed by atoms with E-state index >= 15 is 0 Å². The topological polar surface area (TPSA) is 58.3 Å². The van der Waals surface area contributed by atoms with Crippen molar-refractivity contribution in [1.82, 2.24) is 24.8 Å². The minimum Gasteiger partial charge on any atom is -0.357 e. The number of guanidine groups is 1. The van der Waals surface area contributed by atoms with Crippen LogP contribution < -0.4 is 5.32 Å². The van der Waals surface area contributed by atoms with Gasteiger partial charge in [-0.05, 0) is 44.2 Å². The first-order valence-corrected chi connectivity index (χ1v) is 9.16. The average Bonchev–Trinajstić information content (AvgIpc) is 3.06. The Labute approximate surface area is 150 Å². The monoisotopic (exact) mass is 340 g/mol. The Morgan fingerprint density at radius 1 is 1.28 bits per heavy atom. The number of aryl methyl sites for hydroxylation is 1. The molecule has 0 unspecified atom stereocenters. The molecule has 3 rings (SSSR count). The van der Waals surface area contributed by atoms with Crippen LogP contribution in [0.25, 0.3) is 5.82 Å². The number of imidazole rings is 1. The van der Waals surface area contributed by atoms with Gasteiger partial charge in [0.2, 0.25) is 0 Å². The van der Waals surface area contributed by atoms with Crippen LogP contribution in [0.4, 0.5) is 0 Å². The molecule has 0 amide bonds. The van der Waals surface area contributed by atoms with E-state index in [2.05, 4.69) is 40.1 Å². The minimum absolute atomic E-state index is 0.643. The molecule has 0 radical (unpaired) electrons. The molecule has 6 heteroatoms. The van der Waals surface area contributed by atoms with E-state index in [-0.39, 0.29) is 0 Å². The number of hydrogen-bond donors (Lipinski definition) is 1. The lowest BCUT2D eigenvalue weighted by molar-refractivity contribution is 0.273. The molecule has 0 saturated carbocycles. The second kappa shape index (κ2) is 8.14. The van der Waals surface area contributed by atoms with Crippen molar-refractivity contribution in [3.05, 3.63) is 42.1 Å². The van der Waals surface area contributed by atoms with Crippen molar-refractivity contribution >= 4 is 5.96 Å². The first-order valence-electron chi connectivity index (χ1n) is 9.16. The molecule has 2 aromatic heterocycles. The van der Waals surface area contributed by atoms with E-state index in [1.807, 2.05) is 30.0 Å². The summed E-state index contributed by atoms with van der Waals surface area (Å²) in [7, 11) is 0. The van der Waals surface area contributed by atoms with E-state index in [1.54, 1.807) is 6.20 Å². The van der Waals surface area contributed by atoms with Crippen molar-refractivity contribution in [2.75, 3.05) is 19.6 Å². The van der Waals surface area contributed by atoms with Crippen LogP contribution in [0, 0.1) is 12.8 Å². The summed E-state index contributed by atoms with van der Waals surface area (Å²) in [5, 5.41) is 3.42. The Hall–Kier alpha value is -2.37. The second-order valence-electron chi connectivity index (χ2n) is 6.71. The van der Waals surface area contributed by atoms with Crippen LogP contribution in [0.3, 0.4) is 0 Å². The van der Waals surface area contributed by atoms with Gasteiger partial charge in [-0.15, -0.1) is 0 Å². The fraction of sp³-hybridized carbons (Fsp3) is 0.526. The molecule has 2 aromatic rings. The van der Waals surface area contributed by atoms with Gasteiger partial charge >= 0.3 is 0 Å². The quantitative estimate of drug-likeness (QED) is 0.687. The van der Waals surface area contributed by atoms with Crippen LogP contribution in [0.1, 0.15) is 38.1 Å². The molecule has 0 aromatic carbocycles. The van der Waals surface area contributed by atoms with Crippen LogP contribution in [-0.4, -0.2) is 45.0 Å². The fourth-order valence-electron chi connectivity index (χ4n) is 3.09. The van der Waals surface area contributed by atoms with E-state index < -0.39 is 0 Å². The van der Waals surface area contributed by atoms with E-state index in [0.717, 1.165) is 48.7 Å². The third kappa shape index (κ3) is 4.38. The van der Waals surface area contributed by atoms with Crippen molar-refractivity contribution < 1.29 is 0 Å². The number of aliphatic imine (C=N–C) groups is 1. The molecule has 1 N–H and O–H groups in total. The smallest absolute Gasteiger partial charge is 0.194 e. The van der Waals surface area contributed by atoms with Crippen molar-refractivity contribution in [3.8, 4) is 5.82 Å². The Bertz CT molecular complexity index is 695. The average molecular weight is 340 g/mol. The third-order valence-electron chi connectivity index (χ3n) is 4.71. The Kier molecular flexibility index (Phi) is 5.68. The Morgan fingerprint density at radius 3 is 2.68 bits per heavy atom. The van der Waals surface area contributed by atoms with Crippen molar-refractivity contribution in [2.24, 2.45) is 10.9 Å². The first kappa shape index (κ1) is 17.5. The van der Waals surface area contributed by atoms with Crippen LogP contribution in [0.15, 0.2) is 35.7 Å². The van der Waals surface area contributed by atoms with E-state index in [1.165, 1.54) is 12.8 Å². The van der Waals surface area contributed by atoms with Crippen LogP contribution in [0.2, 0.25) is 0 Å². The number of nitrogens with zero attached hydrogens (tertiary/aromatic N) is 5. The maximum absolute atomic E-state index is 4.81. The number of likely N-dealkylation sites (tertiary alicyclic amines) is 1. The van der Waals surface area contributed by atoms with Crippen LogP contribution >= 0.6 is 0 Å². The van der Waals surface area contributed by atoms with E-state index in [9.17, 15) is 0 Å². The lowest BCUT2D eigenvalue weighted by atomic mass is 10.00. The Morgan fingerprint density at radius 2 is 2.08 bits per heavy atom. The van der Waals surface area contributed by atoms with Gasteiger partial charge in [-0.2, -0.15) is 0 Å². The number of piperidine rings is 1. The largest absolute Gasteiger partial charge is 0.357 e. The number of pyridine rings is 1. The first-order chi connectivity index (χ1) is 12.2. The van der Waals surface area contributed by atoms with Gasteiger partial charge < -0.3 is 10.2 Å². The molecule has 3 heterocycles. The van der Waals surface area contributed by atoms with Gasteiger partial charge in [0.1, 0.15) is 11.6 Å². The molecular weight excluding hydrogens is 312 g/mol. The fourth-order valence-corrected chi connectivity index (χ4v) is 3.09. The highest BCUT2D eigenvalue weighted by Gasteiger charge is 2.18. The zero-order chi connectivity index (χ0) is 17.6. The predicted octanol–water partition coefficient (Wildman–Crippen LogP) is 2.77.